The molecule has 5 nitrogen and oxygen atoms in total. The van der Waals surface area contributed by atoms with Crippen molar-refractivity contribution in [2.24, 2.45) is 5.84 Å². The molecule has 4 N–H and O–H groups in total. The van der Waals surface area contributed by atoms with Crippen LogP contribution in [-0.4, -0.2) is 35.1 Å². The quantitative estimate of drug-likeness (QED) is 0.557. The zero-order chi connectivity index (χ0) is 13.1. The Morgan fingerprint density at radius 3 is 3.00 bits per heavy atom. The molecule has 1 unspecified atom stereocenters. The summed E-state index contributed by atoms with van der Waals surface area (Å²) < 4.78 is 0. The first kappa shape index (κ1) is 13.1. The number of anilines is 1. The van der Waals surface area contributed by atoms with Gasteiger partial charge in [-0.25, -0.2) is 0 Å². The van der Waals surface area contributed by atoms with Crippen LogP contribution in [-0.2, 0) is 0 Å². The van der Waals surface area contributed by atoms with Gasteiger partial charge in [0.2, 0.25) is 0 Å². The van der Waals surface area contributed by atoms with Gasteiger partial charge in [0, 0.05) is 18.1 Å². The van der Waals surface area contributed by atoms with Crippen molar-refractivity contribution in [2.45, 2.75) is 18.9 Å². The third-order valence-corrected chi connectivity index (χ3v) is 3.29. The van der Waals surface area contributed by atoms with Gasteiger partial charge >= 0.3 is 0 Å². The summed E-state index contributed by atoms with van der Waals surface area (Å²) >= 11 is 5.90. The Labute approximate surface area is 110 Å². The van der Waals surface area contributed by atoms with E-state index < -0.39 is 6.10 Å². The maximum Gasteiger partial charge on any atom is 0.256 e. The van der Waals surface area contributed by atoms with Gasteiger partial charge in [0.1, 0.15) is 0 Å². The number of nitrogens with two attached hydrogens (primary N) is 1. The van der Waals surface area contributed by atoms with E-state index in [9.17, 15) is 9.90 Å². The van der Waals surface area contributed by atoms with Crippen LogP contribution in [0.1, 0.15) is 23.2 Å². The Morgan fingerprint density at radius 1 is 1.56 bits per heavy atom. The van der Waals surface area contributed by atoms with E-state index in [0.29, 0.717) is 29.4 Å². The summed E-state index contributed by atoms with van der Waals surface area (Å²) in [4.78, 5) is 14.0. The molecule has 1 heterocycles. The molecule has 0 aliphatic carbocycles. The minimum atomic E-state index is -0.448. The van der Waals surface area contributed by atoms with Gasteiger partial charge in [0.15, 0.2) is 0 Å². The number of halogens is 1. The molecule has 1 atom stereocenters. The van der Waals surface area contributed by atoms with Gasteiger partial charge in [-0.1, -0.05) is 11.6 Å². The van der Waals surface area contributed by atoms with E-state index in [1.807, 2.05) is 0 Å². The number of hydrazine groups is 1. The predicted molar refractivity (Wildman–Crippen MR) is 70.4 cm³/mol. The lowest BCUT2D eigenvalue weighted by Crippen LogP contribution is -2.42. The monoisotopic (exact) mass is 269 g/mol. The number of aliphatic hydroxyl groups is 1. The molecule has 98 valence electrons. The standard InChI is InChI=1S/C12H16ClN3O2/c13-8-3-4-11(15-14)10(6-8)12(18)16-5-1-2-9(17)7-16/h3-4,6,9,15,17H,1-2,5,7,14H2. The number of carbonyl (C=O) groups excluding carboxylic acids is 1. The second-order valence-electron chi connectivity index (χ2n) is 4.38. The van der Waals surface area contributed by atoms with Crippen molar-refractivity contribution in [3.63, 3.8) is 0 Å². The number of amides is 1. The molecule has 0 radical (unpaired) electrons. The van der Waals surface area contributed by atoms with E-state index >= 15 is 0 Å². The maximum absolute atomic E-state index is 12.3. The molecule has 1 fully saturated rings. The molecule has 18 heavy (non-hydrogen) atoms. The topological polar surface area (TPSA) is 78.6 Å². The number of likely N-dealkylation sites (tertiary alicyclic amines) is 1. The van der Waals surface area contributed by atoms with E-state index in [0.717, 1.165) is 12.8 Å². The number of carbonyl (C=O) groups is 1. The molecule has 0 saturated carbocycles. The van der Waals surface area contributed by atoms with Crippen LogP contribution in [0.3, 0.4) is 0 Å². The van der Waals surface area contributed by atoms with Crippen LogP contribution in [0.25, 0.3) is 0 Å². The van der Waals surface area contributed by atoms with Crippen molar-refractivity contribution in [1.29, 1.82) is 0 Å². The van der Waals surface area contributed by atoms with E-state index in [4.69, 9.17) is 17.4 Å². The summed E-state index contributed by atoms with van der Waals surface area (Å²) in [5.74, 6) is 5.22. The number of β-amino-alcohol motifs (C(OH)–C–C–N with tert-alkyl or cyclic N) is 1. The molecule has 1 aliphatic rings. The van der Waals surface area contributed by atoms with Gasteiger partial charge in [-0.2, -0.15) is 0 Å². The summed E-state index contributed by atoms with van der Waals surface area (Å²) in [7, 11) is 0. The third kappa shape index (κ3) is 2.75. The first-order valence-corrected chi connectivity index (χ1v) is 6.23. The van der Waals surface area contributed by atoms with Gasteiger partial charge in [-0.3, -0.25) is 10.6 Å². The summed E-state index contributed by atoms with van der Waals surface area (Å²) in [6, 6.07) is 4.91. The van der Waals surface area contributed by atoms with Gasteiger partial charge in [0.05, 0.1) is 17.4 Å². The second-order valence-corrected chi connectivity index (χ2v) is 4.82. The van der Waals surface area contributed by atoms with Crippen LogP contribution in [0, 0.1) is 0 Å². The highest BCUT2D eigenvalue weighted by molar-refractivity contribution is 6.31. The lowest BCUT2D eigenvalue weighted by molar-refractivity contribution is 0.0474. The lowest BCUT2D eigenvalue weighted by atomic mass is 10.1. The fourth-order valence-electron chi connectivity index (χ4n) is 2.13. The van der Waals surface area contributed by atoms with Crippen molar-refractivity contribution in [2.75, 3.05) is 18.5 Å². The average Bonchev–Trinajstić information content (AvgIpc) is 2.38. The highest BCUT2D eigenvalue weighted by atomic mass is 35.5. The Hall–Kier alpha value is -1.30. The number of rotatable bonds is 2. The number of hydrogen-bond acceptors (Lipinski definition) is 4. The number of nitrogen functional groups attached to an aromatic ring is 1. The van der Waals surface area contributed by atoms with E-state index in [-0.39, 0.29) is 5.91 Å². The molecular weight excluding hydrogens is 254 g/mol. The third-order valence-electron chi connectivity index (χ3n) is 3.05. The number of nitrogens with zero attached hydrogens (tertiary/aromatic N) is 1. The highest BCUT2D eigenvalue weighted by Gasteiger charge is 2.24. The van der Waals surface area contributed by atoms with Crippen LogP contribution in [0.5, 0.6) is 0 Å². The largest absolute Gasteiger partial charge is 0.391 e. The molecule has 1 aromatic rings. The molecule has 1 aliphatic heterocycles. The Balaban J connectivity index is 2.24. The summed E-state index contributed by atoms with van der Waals surface area (Å²) in [6.07, 6.45) is 1.09. The van der Waals surface area contributed by atoms with E-state index in [1.54, 1.807) is 23.1 Å². The number of aliphatic hydroxyl groups excluding tert-OH is 1. The number of piperidine rings is 1. The highest BCUT2D eigenvalue weighted by Crippen LogP contribution is 2.23. The predicted octanol–water partition coefficient (Wildman–Crippen LogP) is 1.22. The zero-order valence-corrected chi connectivity index (χ0v) is 10.7. The van der Waals surface area contributed by atoms with Crippen LogP contribution < -0.4 is 11.3 Å². The molecule has 0 spiro atoms. The van der Waals surface area contributed by atoms with E-state index in [2.05, 4.69) is 5.43 Å². The molecule has 0 bridgehead atoms. The Morgan fingerprint density at radius 2 is 2.33 bits per heavy atom. The van der Waals surface area contributed by atoms with Gasteiger partial charge in [-0.15, -0.1) is 0 Å². The summed E-state index contributed by atoms with van der Waals surface area (Å²) in [5, 5.41) is 10.1. The van der Waals surface area contributed by atoms with Crippen molar-refractivity contribution < 1.29 is 9.90 Å². The fraction of sp³-hybridized carbons (Fsp3) is 0.417. The van der Waals surface area contributed by atoms with Gasteiger partial charge in [0.25, 0.3) is 5.91 Å². The molecule has 0 aromatic heterocycles. The van der Waals surface area contributed by atoms with Gasteiger partial charge in [-0.05, 0) is 31.0 Å². The molecule has 6 heteroatoms. The first-order chi connectivity index (χ1) is 8.61. The van der Waals surface area contributed by atoms with Crippen LogP contribution in [0.4, 0.5) is 5.69 Å². The van der Waals surface area contributed by atoms with Crippen molar-refractivity contribution in [1.82, 2.24) is 4.90 Å². The molecular formula is C12H16ClN3O2. The summed E-state index contributed by atoms with van der Waals surface area (Å²) in [6.45, 7) is 1.00. The van der Waals surface area contributed by atoms with Crippen molar-refractivity contribution >= 4 is 23.2 Å². The normalized spacial score (nSPS) is 19.7. The van der Waals surface area contributed by atoms with Gasteiger partial charge < -0.3 is 15.4 Å². The number of nitrogens with one attached hydrogen (secondary N) is 1. The summed E-state index contributed by atoms with van der Waals surface area (Å²) in [5.41, 5.74) is 3.45. The maximum atomic E-state index is 12.3. The molecule has 2 rings (SSSR count). The molecule has 1 saturated heterocycles. The van der Waals surface area contributed by atoms with Crippen LogP contribution in [0.2, 0.25) is 5.02 Å². The Bertz CT molecular complexity index is 453. The second kappa shape index (κ2) is 5.56. The van der Waals surface area contributed by atoms with E-state index in [1.165, 1.54) is 0 Å². The lowest BCUT2D eigenvalue weighted by Gasteiger charge is -2.30. The number of benzene rings is 1. The first-order valence-electron chi connectivity index (χ1n) is 5.85. The van der Waals surface area contributed by atoms with Crippen molar-refractivity contribution in [3.05, 3.63) is 28.8 Å². The van der Waals surface area contributed by atoms with Crippen LogP contribution >= 0.6 is 11.6 Å². The average molecular weight is 270 g/mol. The minimum Gasteiger partial charge on any atom is -0.391 e. The smallest absolute Gasteiger partial charge is 0.256 e. The van der Waals surface area contributed by atoms with Crippen LogP contribution in [0.15, 0.2) is 18.2 Å². The Kier molecular flexibility index (Phi) is 4.06. The fourth-order valence-corrected chi connectivity index (χ4v) is 2.30. The SMILES string of the molecule is NNc1ccc(Cl)cc1C(=O)N1CCCC(O)C1. The zero-order valence-electron chi connectivity index (χ0n) is 9.90. The van der Waals surface area contributed by atoms with Crippen molar-refractivity contribution in [3.8, 4) is 0 Å². The molecule has 1 amide bonds. The molecule has 1 aromatic carbocycles. The minimum absolute atomic E-state index is 0.163. The number of hydrogen-bond donors (Lipinski definition) is 3.